The Morgan fingerprint density at radius 3 is 2.50 bits per heavy atom. The summed E-state index contributed by atoms with van der Waals surface area (Å²) >= 11 is 0. The summed E-state index contributed by atoms with van der Waals surface area (Å²) in [5, 5.41) is 6.61. The summed E-state index contributed by atoms with van der Waals surface area (Å²) in [4.78, 5) is 20.7. The Morgan fingerprint density at radius 1 is 1.24 bits per heavy atom. The monoisotopic (exact) mass is 558 g/mol. The Hall–Kier alpha value is -1.14. The van der Waals surface area contributed by atoms with Gasteiger partial charge in [0.2, 0.25) is 5.91 Å². The lowest BCUT2D eigenvalue weighted by molar-refractivity contribution is -0.128. The van der Waals surface area contributed by atoms with E-state index in [-0.39, 0.29) is 23.4 Å². The molecule has 6 unspecified atom stereocenters. The summed E-state index contributed by atoms with van der Waals surface area (Å²) in [6.45, 7) is 8.88. The first-order valence-electron chi connectivity index (χ1n) is 14.5. The number of sulfone groups is 1. The van der Waals surface area contributed by atoms with Crippen LogP contribution in [0.25, 0.3) is 0 Å². The highest BCUT2D eigenvalue weighted by Crippen LogP contribution is 2.42. The number of rotatable bonds is 9. The van der Waals surface area contributed by atoms with Crippen LogP contribution in [0.1, 0.15) is 78.6 Å². The highest BCUT2D eigenvalue weighted by Gasteiger charge is 2.44. The fourth-order valence-electron chi connectivity index (χ4n) is 6.81. The number of amides is 1. The van der Waals surface area contributed by atoms with Crippen LogP contribution in [0, 0.1) is 11.3 Å². The van der Waals surface area contributed by atoms with E-state index in [9.17, 15) is 17.6 Å². The zero-order chi connectivity index (χ0) is 28.1. The van der Waals surface area contributed by atoms with Gasteiger partial charge < -0.3 is 22.1 Å². The minimum Gasteiger partial charge on any atom is -0.350 e. The van der Waals surface area contributed by atoms with Gasteiger partial charge in [-0.1, -0.05) is 26.7 Å². The standard InChI is InChI=1S/C27H51FN6O3S/c1-5-9-27(6-2)10-7-19(28)17-32-20(16-27)23(24(29)30)25(35)33-21-18-31-13-8-22(21)34-14-11-26(3,12-15-34)38(4,36)37/h17,19-24,31H,5-16,18,29-30H2,1-4H3,(H,33,35)/b32-17-. The average Bonchev–Trinajstić information content (AvgIpc) is 2.85. The molecule has 3 aliphatic heterocycles. The molecule has 3 aliphatic rings. The number of hydrogen-bond acceptors (Lipinski definition) is 8. The number of alkyl halides is 1. The predicted octanol–water partition coefficient (Wildman–Crippen LogP) is 1.75. The Kier molecular flexibility index (Phi) is 10.8. The van der Waals surface area contributed by atoms with Crippen LogP contribution >= 0.6 is 0 Å². The van der Waals surface area contributed by atoms with Crippen molar-refractivity contribution in [3.63, 3.8) is 0 Å². The third-order valence-corrected chi connectivity index (χ3v) is 11.9. The molecule has 9 nitrogen and oxygen atoms in total. The third-order valence-electron chi connectivity index (χ3n) is 9.69. The first-order chi connectivity index (χ1) is 17.8. The molecule has 0 aliphatic carbocycles. The van der Waals surface area contributed by atoms with Gasteiger partial charge in [-0.2, -0.15) is 0 Å². The van der Waals surface area contributed by atoms with Gasteiger partial charge in [0.25, 0.3) is 0 Å². The highest BCUT2D eigenvalue weighted by molar-refractivity contribution is 7.92. The minimum absolute atomic E-state index is 0.0878. The molecule has 0 spiro atoms. The largest absolute Gasteiger partial charge is 0.350 e. The molecule has 11 heteroatoms. The van der Waals surface area contributed by atoms with E-state index in [2.05, 4.69) is 34.4 Å². The zero-order valence-electron chi connectivity index (χ0n) is 23.8. The van der Waals surface area contributed by atoms with E-state index in [1.807, 2.05) is 6.92 Å². The zero-order valence-corrected chi connectivity index (χ0v) is 24.6. The molecule has 0 aromatic carbocycles. The fourth-order valence-corrected chi connectivity index (χ4v) is 7.73. The minimum atomic E-state index is -3.15. The van der Waals surface area contributed by atoms with Crippen molar-refractivity contribution in [2.45, 2.75) is 114 Å². The summed E-state index contributed by atoms with van der Waals surface area (Å²) < 4.78 is 38.5. The fraction of sp³-hybridized carbons (Fsp3) is 0.926. The first kappa shape index (κ1) is 31.4. The smallest absolute Gasteiger partial charge is 0.228 e. The number of nitrogens with zero attached hydrogens (tertiary/aromatic N) is 2. The lowest BCUT2D eigenvalue weighted by Gasteiger charge is -2.46. The van der Waals surface area contributed by atoms with Crippen LogP contribution in [0.4, 0.5) is 4.39 Å². The molecule has 2 saturated heterocycles. The van der Waals surface area contributed by atoms with Crippen molar-refractivity contribution in [3.8, 4) is 0 Å². The Morgan fingerprint density at radius 2 is 1.92 bits per heavy atom. The molecule has 1 amide bonds. The normalized spacial score (nSPS) is 34.7. The van der Waals surface area contributed by atoms with Crippen LogP contribution in [-0.2, 0) is 14.6 Å². The van der Waals surface area contributed by atoms with Gasteiger partial charge in [-0.05, 0) is 63.8 Å². The van der Waals surface area contributed by atoms with Crippen LogP contribution in [-0.4, -0.2) is 93.1 Å². The van der Waals surface area contributed by atoms with Crippen molar-refractivity contribution in [1.29, 1.82) is 0 Å². The van der Waals surface area contributed by atoms with E-state index >= 15 is 0 Å². The molecule has 0 radical (unpaired) electrons. The van der Waals surface area contributed by atoms with E-state index in [1.54, 1.807) is 0 Å². The molecule has 3 rings (SSSR count). The molecule has 0 bridgehead atoms. The molecule has 3 heterocycles. The number of nitrogens with one attached hydrogen (secondary N) is 2. The van der Waals surface area contributed by atoms with Crippen LogP contribution in [0.3, 0.4) is 0 Å². The number of halogens is 1. The van der Waals surface area contributed by atoms with E-state index in [0.29, 0.717) is 45.3 Å². The van der Waals surface area contributed by atoms with Gasteiger partial charge in [0, 0.05) is 38.1 Å². The molecule has 6 N–H and O–H groups in total. The van der Waals surface area contributed by atoms with Crippen LogP contribution in [0.15, 0.2) is 4.99 Å². The molecular formula is C27H51FN6O3S. The van der Waals surface area contributed by atoms with E-state index in [0.717, 1.165) is 38.6 Å². The second-order valence-electron chi connectivity index (χ2n) is 12.3. The number of carbonyl (C=O) groups is 1. The Bertz CT molecular complexity index is 924. The molecule has 38 heavy (non-hydrogen) atoms. The van der Waals surface area contributed by atoms with Gasteiger partial charge >= 0.3 is 0 Å². The lowest BCUT2D eigenvalue weighted by atomic mass is 9.69. The SMILES string of the molecule is CCCC1(CC)CCC(F)/C=N\C(C(C(=O)NC2CNCCC2N2CCC(C)(S(C)(=O)=O)CC2)C(N)N)C1. The topological polar surface area (TPSA) is 143 Å². The molecule has 6 atom stereocenters. The maximum atomic E-state index is 14.6. The molecule has 0 aromatic rings. The summed E-state index contributed by atoms with van der Waals surface area (Å²) in [5.74, 6) is -1.01. The number of aliphatic imine (C=N–C) groups is 1. The van der Waals surface area contributed by atoms with E-state index < -0.39 is 38.9 Å². The van der Waals surface area contributed by atoms with E-state index in [1.165, 1.54) is 12.5 Å². The Labute approximate surface area is 229 Å². The average molecular weight is 559 g/mol. The summed E-state index contributed by atoms with van der Waals surface area (Å²) in [6, 6.07) is -0.566. The van der Waals surface area contributed by atoms with Gasteiger partial charge in [-0.15, -0.1) is 0 Å². The van der Waals surface area contributed by atoms with Crippen molar-refractivity contribution in [3.05, 3.63) is 0 Å². The van der Waals surface area contributed by atoms with E-state index in [4.69, 9.17) is 11.5 Å². The summed E-state index contributed by atoms with van der Waals surface area (Å²) in [7, 11) is -3.15. The molecule has 0 aromatic heterocycles. The first-order valence-corrected chi connectivity index (χ1v) is 16.4. The second-order valence-corrected chi connectivity index (χ2v) is 14.8. The van der Waals surface area contributed by atoms with Gasteiger partial charge in [0.1, 0.15) is 6.17 Å². The number of hydrogen-bond donors (Lipinski definition) is 4. The van der Waals surface area contributed by atoms with Gasteiger partial charge in [0.05, 0.1) is 28.9 Å². The maximum absolute atomic E-state index is 14.6. The number of piperidine rings is 2. The number of likely N-dealkylation sites (tertiary alicyclic amines) is 1. The molecule has 2 fully saturated rings. The van der Waals surface area contributed by atoms with Gasteiger partial charge in [-0.3, -0.25) is 14.7 Å². The molecular weight excluding hydrogens is 507 g/mol. The van der Waals surface area contributed by atoms with Crippen LogP contribution < -0.4 is 22.1 Å². The van der Waals surface area contributed by atoms with Crippen molar-refractivity contribution in [1.82, 2.24) is 15.5 Å². The molecule has 0 saturated carbocycles. The third kappa shape index (κ3) is 7.33. The van der Waals surface area contributed by atoms with Crippen molar-refractivity contribution >= 4 is 22.0 Å². The van der Waals surface area contributed by atoms with Crippen molar-refractivity contribution < 1.29 is 17.6 Å². The van der Waals surface area contributed by atoms with Gasteiger partial charge in [-0.25, -0.2) is 12.8 Å². The summed E-state index contributed by atoms with van der Waals surface area (Å²) in [6.07, 6.45) is 7.28. The van der Waals surface area contributed by atoms with Crippen molar-refractivity contribution in [2.24, 2.45) is 27.8 Å². The maximum Gasteiger partial charge on any atom is 0.228 e. The quantitative estimate of drug-likeness (QED) is 0.316. The number of carbonyl (C=O) groups excluding carboxylic acids is 1. The summed E-state index contributed by atoms with van der Waals surface area (Å²) in [5.41, 5.74) is 12.3. The van der Waals surface area contributed by atoms with Crippen LogP contribution in [0.5, 0.6) is 0 Å². The van der Waals surface area contributed by atoms with Gasteiger partial charge in [0.15, 0.2) is 9.84 Å². The highest BCUT2D eigenvalue weighted by atomic mass is 32.2. The number of nitrogens with two attached hydrogens (primary N) is 2. The lowest BCUT2D eigenvalue weighted by Crippen LogP contribution is -2.64. The molecule has 220 valence electrons. The predicted molar refractivity (Wildman–Crippen MR) is 152 cm³/mol. The van der Waals surface area contributed by atoms with Crippen molar-refractivity contribution in [2.75, 3.05) is 32.4 Å². The van der Waals surface area contributed by atoms with Crippen LogP contribution in [0.2, 0.25) is 0 Å². The second kappa shape index (κ2) is 13.0. The Balaban J connectivity index is 1.77.